The summed E-state index contributed by atoms with van der Waals surface area (Å²) in [6, 6.07) is 17.8. The molecule has 5 aromatic rings. The van der Waals surface area contributed by atoms with Crippen LogP contribution in [0.2, 0.25) is 0 Å². The highest BCUT2D eigenvalue weighted by Crippen LogP contribution is 2.29. The van der Waals surface area contributed by atoms with Crippen LogP contribution in [0.25, 0.3) is 28.4 Å². The molecule has 8 nitrogen and oxygen atoms in total. The quantitative estimate of drug-likeness (QED) is 0.398. The van der Waals surface area contributed by atoms with Gasteiger partial charge in [-0.3, -0.25) is 4.79 Å². The van der Waals surface area contributed by atoms with Gasteiger partial charge in [0.05, 0.1) is 23.8 Å². The Morgan fingerprint density at radius 1 is 0.941 bits per heavy atom. The fourth-order valence-corrected chi connectivity index (χ4v) is 4.31. The molecule has 0 aliphatic carbocycles. The van der Waals surface area contributed by atoms with Crippen molar-refractivity contribution in [1.82, 2.24) is 19.5 Å². The molecule has 0 N–H and O–H groups in total. The van der Waals surface area contributed by atoms with E-state index in [1.165, 1.54) is 18.1 Å². The van der Waals surface area contributed by atoms with E-state index in [2.05, 4.69) is 36.1 Å². The van der Waals surface area contributed by atoms with Crippen LogP contribution in [0.15, 0.2) is 82.2 Å². The van der Waals surface area contributed by atoms with Crippen molar-refractivity contribution >= 4 is 17.4 Å². The first-order valence-corrected chi connectivity index (χ1v) is 11.2. The minimum atomic E-state index is -0.00898. The van der Waals surface area contributed by atoms with Crippen molar-refractivity contribution in [3.63, 3.8) is 0 Å². The van der Waals surface area contributed by atoms with Crippen LogP contribution in [0.4, 0.5) is 5.82 Å². The maximum Gasteiger partial charge on any atom is 0.257 e. The Hall–Kier alpha value is -4.33. The molecule has 0 unspecified atom stereocenters. The first-order valence-electron chi connectivity index (χ1n) is 11.2. The zero-order valence-electron chi connectivity index (χ0n) is 18.7. The first-order chi connectivity index (χ1) is 16.7. The van der Waals surface area contributed by atoms with Gasteiger partial charge in [-0.15, -0.1) is 0 Å². The van der Waals surface area contributed by atoms with Crippen LogP contribution in [0.5, 0.6) is 0 Å². The van der Waals surface area contributed by atoms with E-state index in [-0.39, 0.29) is 5.91 Å². The Kier molecular flexibility index (Phi) is 4.91. The Labute approximate surface area is 196 Å². The van der Waals surface area contributed by atoms with E-state index in [1.54, 1.807) is 12.3 Å². The number of hydrogen-bond donors (Lipinski definition) is 0. The highest BCUT2D eigenvalue weighted by Gasteiger charge is 2.25. The molecule has 1 aliphatic heterocycles. The number of anilines is 1. The maximum atomic E-state index is 12.7. The van der Waals surface area contributed by atoms with Gasteiger partial charge in [0.15, 0.2) is 11.4 Å². The number of aryl methyl sites for hydroxylation is 1. The number of furan rings is 2. The van der Waals surface area contributed by atoms with E-state index >= 15 is 0 Å². The van der Waals surface area contributed by atoms with E-state index < -0.39 is 0 Å². The predicted octanol–water partition coefficient (Wildman–Crippen LogP) is 4.52. The standard InChI is InChI=1S/C26H23N5O3/c1-18-4-6-19(7-5-18)21-15-24-27-22(23-3-2-13-34-23)16-25(31(24)28-21)29-9-11-30(12-10-29)26(32)20-8-14-33-17-20/h2-8,13-17H,9-12H2,1H3. The summed E-state index contributed by atoms with van der Waals surface area (Å²) in [7, 11) is 0. The third kappa shape index (κ3) is 3.63. The second-order valence-corrected chi connectivity index (χ2v) is 8.43. The molecule has 0 spiro atoms. The van der Waals surface area contributed by atoms with Crippen LogP contribution >= 0.6 is 0 Å². The summed E-state index contributed by atoms with van der Waals surface area (Å²) in [6.45, 7) is 4.64. The summed E-state index contributed by atoms with van der Waals surface area (Å²) in [5.74, 6) is 1.62. The van der Waals surface area contributed by atoms with E-state index in [0.29, 0.717) is 37.5 Å². The summed E-state index contributed by atoms with van der Waals surface area (Å²) in [4.78, 5) is 21.6. The van der Waals surface area contributed by atoms with Crippen molar-refractivity contribution in [2.45, 2.75) is 6.92 Å². The summed E-state index contributed by atoms with van der Waals surface area (Å²) in [5.41, 5.74) is 5.18. The van der Waals surface area contributed by atoms with Crippen LogP contribution in [0, 0.1) is 6.92 Å². The number of rotatable bonds is 4. The smallest absolute Gasteiger partial charge is 0.257 e. The van der Waals surface area contributed by atoms with Crippen LogP contribution < -0.4 is 4.90 Å². The zero-order valence-corrected chi connectivity index (χ0v) is 18.7. The molecule has 34 heavy (non-hydrogen) atoms. The molecule has 1 fully saturated rings. The van der Waals surface area contributed by atoms with Gasteiger partial charge in [0.2, 0.25) is 0 Å². The molecule has 0 atom stereocenters. The molecule has 1 amide bonds. The Morgan fingerprint density at radius 2 is 1.76 bits per heavy atom. The third-order valence-corrected chi connectivity index (χ3v) is 6.19. The average Bonchev–Trinajstić information content (AvgIpc) is 3.65. The number of aromatic nitrogens is 3. The highest BCUT2D eigenvalue weighted by molar-refractivity contribution is 5.94. The second kappa shape index (κ2) is 8.22. The topological polar surface area (TPSA) is 80.0 Å². The molecule has 6 rings (SSSR count). The zero-order chi connectivity index (χ0) is 23.1. The van der Waals surface area contributed by atoms with Gasteiger partial charge in [-0.05, 0) is 25.1 Å². The number of amides is 1. The van der Waals surface area contributed by atoms with Crippen molar-refractivity contribution in [3.8, 4) is 22.7 Å². The Balaban J connectivity index is 1.36. The molecule has 0 radical (unpaired) electrons. The van der Waals surface area contributed by atoms with Crippen molar-refractivity contribution in [2.75, 3.05) is 31.1 Å². The monoisotopic (exact) mass is 453 g/mol. The van der Waals surface area contributed by atoms with E-state index in [1.807, 2.05) is 33.7 Å². The fourth-order valence-electron chi connectivity index (χ4n) is 4.31. The predicted molar refractivity (Wildman–Crippen MR) is 128 cm³/mol. The molecule has 4 aromatic heterocycles. The first kappa shape index (κ1) is 20.3. The van der Waals surface area contributed by atoms with Crippen molar-refractivity contribution < 1.29 is 13.6 Å². The van der Waals surface area contributed by atoms with Crippen LogP contribution in [-0.2, 0) is 0 Å². The van der Waals surface area contributed by atoms with Gasteiger partial charge in [-0.1, -0.05) is 29.8 Å². The maximum absolute atomic E-state index is 12.7. The molecule has 5 heterocycles. The van der Waals surface area contributed by atoms with Gasteiger partial charge in [0.25, 0.3) is 5.91 Å². The molecular formula is C26H23N5O3. The summed E-state index contributed by atoms with van der Waals surface area (Å²) >= 11 is 0. The van der Waals surface area contributed by atoms with Crippen molar-refractivity contribution in [2.24, 2.45) is 0 Å². The van der Waals surface area contributed by atoms with Gasteiger partial charge in [-0.25, -0.2) is 4.98 Å². The number of carbonyl (C=O) groups is 1. The minimum Gasteiger partial charge on any atom is -0.472 e. The lowest BCUT2D eigenvalue weighted by molar-refractivity contribution is 0.0745. The largest absolute Gasteiger partial charge is 0.472 e. The van der Waals surface area contributed by atoms with Crippen LogP contribution in [0.3, 0.4) is 0 Å². The van der Waals surface area contributed by atoms with Gasteiger partial charge in [0, 0.05) is 43.9 Å². The van der Waals surface area contributed by atoms with E-state index in [0.717, 1.165) is 28.4 Å². The molecule has 170 valence electrons. The number of hydrogen-bond acceptors (Lipinski definition) is 6. The molecule has 0 saturated carbocycles. The van der Waals surface area contributed by atoms with Crippen molar-refractivity contribution in [1.29, 1.82) is 0 Å². The number of benzene rings is 1. The lowest BCUT2D eigenvalue weighted by atomic mass is 10.1. The molecular weight excluding hydrogens is 430 g/mol. The molecule has 0 bridgehead atoms. The Morgan fingerprint density at radius 3 is 2.47 bits per heavy atom. The van der Waals surface area contributed by atoms with Gasteiger partial charge < -0.3 is 18.6 Å². The number of carbonyl (C=O) groups excluding carboxylic acids is 1. The third-order valence-electron chi connectivity index (χ3n) is 6.19. The van der Waals surface area contributed by atoms with Gasteiger partial charge in [-0.2, -0.15) is 9.61 Å². The van der Waals surface area contributed by atoms with Crippen molar-refractivity contribution in [3.05, 3.63) is 84.5 Å². The molecule has 1 aromatic carbocycles. The minimum absolute atomic E-state index is 0.00898. The summed E-state index contributed by atoms with van der Waals surface area (Å²) in [6.07, 6.45) is 4.67. The van der Waals surface area contributed by atoms with E-state index in [9.17, 15) is 4.79 Å². The van der Waals surface area contributed by atoms with Gasteiger partial charge >= 0.3 is 0 Å². The van der Waals surface area contributed by atoms with E-state index in [4.69, 9.17) is 18.9 Å². The summed E-state index contributed by atoms with van der Waals surface area (Å²) in [5, 5.41) is 4.89. The van der Waals surface area contributed by atoms with Gasteiger partial charge in [0.1, 0.15) is 17.8 Å². The Bertz CT molecular complexity index is 1430. The fraction of sp³-hybridized carbons (Fsp3) is 0.192. The van der Waals surface area contributed by atoms with Crippen LogP contribution in [-0.4, -0.2) is 51.6 Å². The number of piperazine rings is 1. The lowest BCUT2D eigenvalue weighted by Gasteiger charge is -2.35. The number of fused-ring (bicyclic) bond motifs is 1. The average molecular weight is 454 g/mol. The molecule has 8 heteroatoms. The molecule has 1 aliphatic rings. The highest BCUT2D eigenvalue weighted by atomic mass is 16.3. The second-order valence-electron chi connectivity index (χ2n) is 8.43. The lowest BCUT2D eigenvalue weighted by Crippen LogP contribution is -2.49. The number of nitrogens with zero attached hydrogens (tertiary/aromatic N) is 5. The SMILES string of the molecule is Cc1ccc(-c2cc3nc(-c4ccco4)cc(N4CCN(C(=O)c5ccoc5)CC4)n3n2)cc1. The normalized spacial score (nSPS) is 14.1. The molecule has 1 saturated heterocycles. The summed E-state index contributed by atoms with van der Waals surface area (Å²) < 4.78 is 12.6. The van der Waals surface area contributed by atoms with Crippen LogP contribution in [0.1, 0.15) is 15.9 Å².